The topological polar surface area (TPSA) is 54.4 Å². The van der Waals surface area contributed by atoms with Gasteiger partial charge in [-0.05, 0) is 19.1 Å². The number of benzene rings is 1. The number of phenolic OH excluding ortho intramolecular Hbond substituents is 1. The Labute approximate surface area is 117 Å². The summed E-state index contributed by atoms with van der Waals surface area (Å²) in [4.78, 5) is 4.12. The van der Waals surface area contributed by atoms with E-state index in [1.165, 1.54) is 6.07 Å². The third-order valence-corrected chi connectivity index (χ3v) is 3.10. The third kappa shape index (κ3) is 3.24. The summed E-state index contributed by atoms with van der Waals surface area (Å²) in [5.74, 6) is 0.0612. The van der Waals surface area contributed by atoms with E-state index in [0.29, 0.717) is 18.0 Å². The van der Waals surface area contributed by atoms with Gasteiger partial charge in [0.15, 0.2) is 0 Å². The summed E-state index contributed by atoms with van der Waals surface area (Å²) in [7, 11) is 1.57. The Hall–Kier alpha value is -2.14. The van der Waals surface area contributed by atoms with Crippen molar-refractivity contribution in [2.75, 3.05) is 7.11 Å². The lowest BCUT2D eigenvalue weighted by Crippen LogP contribution is -2.18. The zero-order valence-corrected chi connectivity index (χ0v) is 11.4. The SMILES string of the molecule is COc1ncccc1CNC(C)c1ccc(F)cc1O. The van der Waals surface area contributed by atoms with Crippen LogP contribution in [0, 0.1) is 5.82 Å². The molecule has 2 aromatic rings. The standard InChI is InChI=1S/C15H17FN2O2/c1-10(13-6-5-12(16)8-14(13)19)18-9-11-4-3-7-17-15(11)20-2/h3-8,10,18-19H,9H2,1-2H3. The highest BCUT2D eigenvalue weighted by atomic mass is 19.1. The van der Waals surface area contributed by atoms with Crippen molar-refractivity contribution >= 4 is 0 Å². The number of phenols is 1. The van der Waals surface area contributed by atoms with E-state index in [2.05, 4.69) is 10.3 Å². The summed E-state index contributed by atoms with van der Waals surface area (Å²) in [6.07, 6.45) is 1.66. The smallest absolute Gasteiger partial charge is 0.217 e. The number of nitrogens with zero attached hydrogens (tertiary/aromatic N) is 1. The largest absolute Gasteiger partial charge is 0.508 e. The zero-order valence-electron chi connectivity index (χ0n) is 11.4. The normalized spacial score (nSPS) is 12.2. The lowest BCUT2D eigenvalue weighted by Gasteiger charge is -2.16. The Morgan fingerprint density at radius 3 is 2.90 bits per heavy atom. The van der Waals surface area contributed by atoms with Crippen LogP contribution in [0.4, 0.5) is 4.39 Å². The van der Waals surface area contributed by atoms with Crippen LogP contribution in [0.25, 0.3) is 0 Å². The molecule has 0 saturated carbocycles. The summed E-state index contributed by atoms with van der Waals surface area (Å²) in [6.45, 7) is 2.44. The van der Waals surface area contributed by atoms with Crippen molar-refractivity contribution in [1.29, 1.82) is 0 Å². The van der Waals surface area contributed by atoms with E-state index in [9.17, 15) is 9.50 Å². The Morgan fingerprint density at radius 2 is 2.20 bits per heavy atom. The fraction of sp³-hybridized carbons (Fsp3) is 0.267. The lowest BCUT2D eigenvalue weighted by atomic mass is 10.1. The molecule has 1 atom stereocenters. The third-order valence-electron chi connectivity index (χ3n) is 3.10. The molecule has 0 spiro atoms. The molecule has 0 saturated heterocycles. The molecular formula is C15H17FN2O2. The number of hydrogen-bond acceptors (Lipinski definition) is 4. The van der Waals surface area contributed by atoms with Gasteiger partial charge in [-0.2, -0.15) is 0 Å². The van der Waals surface area contributed by atoms with E-state index in [-0.39, 0.29) is 11.8 Å². The second-order valence-corrected chi connectivity index (χ2v) is 4.48. The summed E-state index contributed by atoms with van der Waals surface area (Å²) in [6, 6.07) is 7.63. The van der Waals surface area contributed by atoms with Gasteiger partial charge in [0, 0.05) is 36.0 Å². The van der Waals surface area contributed by atoms with E-state index in [4.69, 9.17) is 4.74 Å². The van der Waals surface area contributed by atoms with Crippen LogP contribution in [0.3, 0.4) is 0 Å². The van der Waals surface area contributed by atoms with Crippen LogP contribution < -0.4 is 10.1 Å². The molecule has 4 nitrogen and oxygen atoms in total. The van der Waals surface area contributed by atoms with Gasteiger partial charge in [-0.3, -0.25) is 0 Å². The van der Waals surface area contributed by atoms with E-state index in [0.717, 1.165) is 11.6 Å². The van der Waals surface area contributed by atoms with E-state index in [1.54, 1.807) is 19.4 Å². The minimum Gasteiger partial charge on any atom is -0.508 e. The average Bonchev–Trinajstić information content (AvgIpc) is 2.45. The van der Waals surface area contributed by atoms with Crippen LogP contribution in [0.15, 0.2) is 36.5 Å². The van der Waals surface area contributed by atoms with Crippen LogP contribution in [0.1, 0.15) is 24.1 Å². The van der Waals surface area contributed by atoms with E-state index >= 15 is 0 Å². The lowest BCUT2D eigenvalue weighted by molar-refractivity contribution is 0.388. The van der Waals surface area contributed by atoms with Gasteiger partial charge >= 0.3 is 0 Å². The van der Waals surface area contributed by atoms with E-state index < -0.39 is 5.82 Å². The summed E-state index contributed by atoms with van der Waals surface area (Å²) < 4.78 is 18.1. The number of aromatic nitrogens is 1. The Morgan fingerprint density at radius 1 is 1.40 bits per heavy atom. The molecule has 2 rings (SSSR count). The van der Waals surface area contributed by atoms with Crippen LogP contribution >= 0.6 is 0 Å². The van der Waals surface area contributed by atoms with Gasteiger partial charge in [-0.25, -0.2) is 9.37 Å². The first-order valence-corrected chi connectivity index (χ1v) is 6.31. The molecule has 1 aromatic heterocycles. The maximum atomic E-state index is 13.0. The molecule has 1 aromatic carbocycles. The molecule has 0 aliphatic carbocycles. The van der Waals surface area contributed by atoms with Gasteiger partial charge in [0.25, 0.3) is 0 Å². The predicted molar refractivity (Wildman–Crippen MR) is 74.1 cm³/mol. The fourth-order valence-corrected chi connectivity index (χ4v) is 2.00. The number of halogens is 1. The molecular weight excluding hydrogens is 259 g/mol. The first kappa shape index (κ1) is 14.3. The van der Waals surface area contributed by atoms with Crippen LogP contribution in [-0.4, -0.2) is 17.2 Å². The Bertz CT molecular complexity index is 590. The first-order chi connectivity index (χ1) is 9.61. The number of methoxy groups -OCH3 is 1. The molecule has 106 valence electrons. The average molecular weight is 276 g/mol. The molecule has 1 heterocycles. The molecule has 0 bridgehead atoms. The minimum absolute atomic E-state index is 0.0526. The predicted octanol–water partition coefficient (Wildman–Crippen LogP) is 2.79. The molecule has 0 radical (unpaired) electrons. The number of ether oxygens (including phenoxy) is 1. The van der Waals surface area contributed by atoms with Crippen molar-refractivity contribution in [1.82, 2.24) is 10.3 Å². The van der Waals surface area contributed by atoms with Crippen molar-refractivity contribution in [3.05, 3.63) is 53.5 Å². The first-order valence-electron chi connectivity index (χ1n) is 6.31. The second-order valence-electron chi connectivity index (χ2n) is 4.48. The summed E-state index contributed by atoms with van der Waals surface area (Å²) in [5, 5.41) is 13.0. The molecule has 0 fully saturated rings. The van der Waals surface area contributed by atoms with Gasteiger partial charge < -0.3 is 15.2 Å². The Balaban J connectivity index is 2.06. The summed E-state index contributed by atoms with van der Waals surface area (Å²) in [5.41, 5.74) is 1.57. The van der Waals surface area contributed by atoms with Gasteiger partial charge in [-0.1, -0.05) is 12.1 Å². The fourth-order valence-electron chi connectivity index (χ4n) is 2.00. The van der Waals surface area contributed by atoms with Crippen molar-refractivity contribution in [3.63, 3.8) is 0 Å². The molecule has 1 unspecified atom stereocenters. The van der Waals surface area contributed by atoms with Crippen molar-refractivity contribution in [2.24, 2.45) is 0 Å². The monoisotopic (exact) mass is 276 g/mol. The molecule has 20 heavy (non-hydrogen) atoms. The minimum atomic E-state index is -0.452. The summed E-state index contributed by atoms with van der Waals surface area (Å²) >= 11 is 0. The maximum Gasteiger partial charge on any atom is 0.217 e. The molecule has 2 N–H and O–H groups in total. The number of hydrogen-bond donors (Lipinski definition) is 2. The number of aromatic hydroxyl groups is 1. The molecule has 0 amide bonds. The van der Waals surface area contributed by atoms with Crippen molar-refractivity contribution in [2.45, 2.75) is 19.5 Å². The van der Waals surface area contributed by atoms with Gasteiger partial charge in [-0.15, -0.1) is 0 Å². The van der Waals surface area contributed by atoms with Gasteiger partial charge in [0.05, 0.1) is 7.11 Å². The number of rotatable bonds is 5. The highest BCUT2D eigenvalue weighted by Crippen LogP contribution is 2.25. The zero-order chi connectivity index (χ0) is 14.5. The van der Waals surface area contributed by atoms with Gasteiger partial charge in [0.2, 0.25) is 5.88 Å². The molecule has 0 aliphatic rings. The molecule has 0 aliphatic heterocycles. The molecule has 5 heteroatoms. The highest BCUT2D eigenvalue weighted by Gasteiger charge is 2.12. The highest BCUT2D eigenvalue weighted by molar-refractivity contribution is 5.35. The Kier molecular flexibility index (Phi) is 4.53. The quantitative estimate of drug-likeness (QED) is 0.881. The maximum absolute atomic E-state index is 13.0. The van der Waals surface area contributed by atoms with Crippen molar-refractivity contribution in [3.8, 4) is 11.6 Å². The number of pyridine rings is 1. The van der Waals surface area contributed by atoms with Crippen molar-refractivity contribution < 1.29 is 14.2 Å². The number of nitrogens with one attached hydrogen (secondary N) is 1. The van der Waals surface area contributed by atoms with Gasteiger partial charge in [0.1, 0.15) is 11.6 Å². The van der Waals surface area contributed by atoms with E-state index in [1.807, 2.05) is 19.1 Å². The van der Waals surface area contributed by atoms with Crippen LogP contribution in [-0.2, 0) is 6.54 Å². The second kappa shape index (κ2) is 6.34. The van der Waals surface area contributed by atoms with Crippen LogP contribution in [0.5, 0.6) is 11.6 Å². The van der Waals surface area contributed by atoms with Crippen LogP contribution in [0.2, 0.25) is 0 Å².